The Balaban J connectivity index is 1.76. The van der Waals surface area contributed by atoms with Gasteiger partial charge in [-0.05, 0) is 31.9 Å². The highest BCUT2D eigenvalue weighted by molar-refractivity contribution is 5.86. The van der Waals surface area contributed by atoms with Crippen molar-refractivity contribution < 1.29 is 9.32 Å². The molecule has 1 aliphatic heterocycles. The molecule has 0 aliphatic carbocycles. The topological polar surface area (TPSA) is 72.4 Å². The Bertz CT molecular complexity index is 622. The Morgan fingerprint density at radius 3 is 3.10 bits per heavy atom. The first kappa shape index (κ1) is 13.1. The second kappa shape index (κ2) is 5.25. The lowest BCUT2D eigenvalue weighted by Crippen LogP contribution is -2.48. The summed E-state index contributed by atoms with van der Waals surface area (Å²) in [7, 11) is 0. The normalized spacial score (nSPS) is 23.2. The summed E-state index contributed by atoms with van der Waals surface area (Å²) in [5.41, 5.74) is 7.37. The standard InChI is InChI=1S/C15H19N3O2/c1-10-8-11(16)6-7-18(10)15(19)9-13-12-4-2-3-5-14(12)20-17-13/h2-5,10-11H,6-9,16H2,1H3/t10-,11-/m0/s1. The molecule has 0 saturated carbocycles. The van der Waals surface area contributed by atoms with Crippen LogP contribution in [0.1, 0.15) is 25.5 Å². The zero-order valence-corrected chi connectivity index (χ0v) is 11.6. The van der Waals surface area contributed by atoms with E-state index in [2.05, 4.69) is 12.1 Å². The second-order valence-corrected chi connectivity index (χ2v) is 5.52. The van der Waals surface area contributed by atoms with Crippen molar-refractivity contribution in [1.82, 2.24) is 10.1 Å². The van der Waals surface area contributed by atoms with Crippen LogP contribution in [0.4, 0.5) is 0 Å². The molecular formula is C15H19N3O2. The van der Waals surface area contributed by atoms with Gasteiger partial charge in [-0.1, -0.05) is 17.3 Å². The van der Waals surface area contributed by atoms with Crippen LogP contribution in [0.3, 0.4) is 0 Å². The maximum absolute atomic E-state index is 12.4. The van der Waals surface area contributed by atoms with Crippen molar-refractivity contribution in [1.29, 1.82) is 0 Å². The van der Waals surface area contributed by atoms with Crippen LogP contribution in [0, 0.1) is 0 Å². The van der Waals surface area contributed by atoms with Crippen molar-refractivity contribution in [3.8, 4) is 0 Å². The number of rotatable bonds is 2. The van der Waals surface area contributed by atoms with E-state index < -0.39 is 0 Å². The van der Waals surface area contributed by atoms with E-state index in [-0.39, 0.29) is 24.4 Å². The molecule has 20 heavy (non-hydrogen) atoms. The van der Waals surface area contributed by atoms with Crippen LogP contribution in [0.5, 0.6) is 0 Å². The summed E-state index contributed by atoms with van der Waals surface area (Å²) in [6, 6.07) is 8.03. The number of aromatic nitrogens is 1. The summed E-state index contributed by atoms with van der Waals surface area (Å²) in [4.78, 5) is 14.3. The van der Waals surface area contributed by atoms with E-state index in [4.69, 9.17) is 10.3 Å². The van der Waals surface area contributed by atoms with E-state index in [0.717, 1.165) is 30.4 Å². The molecule has 0 bridgehead atoms. The Morgan fingerprint density at radius 1 is 1.50 bits per heavy atom. The summed E-state index contributed by atoms with van der Waals surface area (Å²) in [6.07, 6.45) is 2.03. The van der Waals surface area contributed by atoms with Gasteiger partial charge in [0, 0.05) is 24.0 Å². The summed E-state index contributed by atoms with van der Waals surface area (Å²) in [6.45, 7) is 2.79. The van der Waals surface area contributed by atoms with Crippen LogP contribution in [0.15, 0.2) is 28.8 Å². The van der Waals surface area contributed by atoms with Crippen molar-refractivity contribution in [3.05, 3.63) is 30.0 Å². The maximum Gasteiger partial charge on any atom is 0.228 e. The molecule has 1 saturated heterocycles. The van der Waals surface area contributed by atoms with E-state index in [1.165, 1.54) is 0 Å². The molecule has 5 nitrogen and oxygen atoms in total. The number of carbonyl (C=O) groups excluding carboxylic acids is 1. The van der Waals surface area contributed by atoms with Crippen molar-refractivity contribution in [2.75, 3.05) is 6.54 Å². The molecule has 1 aromatic carbocycles. The zero-order valence-electron chi connectivity index (χ0n) is 11.6. The SMILES string of the molecule is C[C@H]1C[C@@H](N)CCN1C(=O)Cc1noc2ccccc12. The van der Waals surface area contributed by atoms with Gasteiger partial charge in [-0.2, -0.15) is 0 Å². The third-order valence-corrected chi connectivity index (χ3v) is 4.01. The number of nitrogens with zero attached hydrogens (tertiary/aromatic N) is 2. The summed E-state index contributed by atoms with van der Waals surface area (Å²) in [5.74, 6) is 0.100. The van der Waals surface area contributed by atoms with Gasteiger partial charge >= 0.3 is 0 Å². The molecule has 2 heterocycles. The highest BCUT2D eigenvalue weighted by atomic mass is 16.5. The van der Waals surface area contributed by atoms with Crippen molar-refractivity contribution in [2.45, 2.75) is 38.3 Å². The van der Waals surface area contributed by atoms with Crippen molar-refractivity contribution in [2.24, 2.45) is 5.73 Å². The number of nitrogens with two attached hydrogens (primary N) is 1. The molecule has 2 N–H and O–H groups in total. The smallest absolute Gasteiger partial charge is 0.228 e. The van der Waals surface area contributed by atoms with Crippen LogP contribution in [-0.2, 0) is 11.2 Å². The molecule has 1 amide bonds. The lowest BCUT2D eigenvalue weighted by atomic mass is 9.98. The molecule has 2 atom stereocenters. The van der Waals surface area contributed by atoms with E-state index in [9.17, 15) is 4.79 Å². The fraction of sp³-hybridized carbons (Fsp3) is 0.467. The van der Waals surface area contributed by atoms with E-state index >= 15 is 0 Å². The van der Waals surface area contributed by atoms with Gasteiger partial charge in [0.2, 0.25) is 5.91 Å². The van der Waals surface area contributed by atoms with Gasteiger partial charge in [-0.25, -0.2) is 0 Å². The van der Waals surface area contributed by atoms with E-state index in [1.807, 2.05) is 29.2 Å². The Kier molecular flexibility index (Phi) is 3.44. The number of benzene rings is 1. The summed E-state index contributed by atoms with van der Waals surface area (Å²) in [5, 5.41) is 4.94. The largest absolute Gasteiger partial charge is 0.356 e. The molecule has 0 radical (unpaired) electrons. The highest BCUT2D eigenvalue weighted by Gasteiger charge is 2.27. The molecule has 0 spiro atoms. The number of likely N-dealkylation sites (tertiary alicyclic amines) is 1. The van der Waals surface area contributed by atoms with Gasteiger partial charge in [-0.3, -0.25) is 4.79 Å². The first-order valence-corrected chi connectivity index (χ1v) is 7.03. The van der Waals surface area contributed by atoms with E-state index in [1.54, 1.807) is 0 Å². The summed E-state index contributed by atoms with van der Waals surface area (Å²) < 4.78 is 5.24. The lowest BCUT2D eigenvalue weighted by Gasteiger charge is -2.36. The van der Waals surface area contributed by atoms with Crippen LogP contribution in [0.25, 0.3) is 11.0 Å². The van der Waals surface area contributed by atoms with Gasteiger partial charge in [0.05, 0.1) is 6.42 Å². The Morgan fingerprint density at radius 2 is 2.30 bits per heavy atom. The second-order valence-electron chi connectivity index (χ2n) is 5.52. The number of fused-ring (bicyclic) bond motifs is 1. The maximum atomic E-state index is 12.4. The third-order valence-electron chi connectivity index (χ3n) is 4.01. The number of hydrogen-bond acceptors (Lipinski definition) is 4. The molecule has 106 valence electrons. The fourth-order valence-corrected chi connectivity index (χ4v) is 2.89. The average molecular weight is 273 g/mol. The van der Waals surface area contributed by atoms with Crippen LogP contribution in [0.2, 0.25) is 0 Å². The average Bonchev–Trinajstić information content (AvgIpc) is 2.82. The fourth-order valence-electron chi connectivity index (χ4n) is 2.89. The van der Waals surface area contributed by atoms with Crippen molar-refractivity contribution >= 4 is 16.9 Å². The molecule has 2 aromatic rings. The van der Waals surface area contributed by atoms with Gasteiger partial charge in [0.1, 0.15) is 5.69 Å². The minimum atomic E-state index is 0.100. The van der Waals surface area contributed by atoms with E-state index in [0.29, 0.717) is 5.69 Å². The highest BCUT2D eigenvalue weighted by Crippen LogP contribution is 2.21. The van der Waals surface area contributed by atoms with Gasteiger partial charge in [-0.15, -0.1) is 0 Å². The number of amides is 1. The zero-order chi connectivity index (χ0) is 14.1. The molecule has 1 fully saturated rings. The monoisotopic (exact) mass is 273 g/mol. The van der Waals surface area contributed by atoms with Crippen LogP contribution in [-0.4, -0.2) is 34.6 Å². The molecule has 1 aromatic heterocycles. The van der Waals surface area contributed by atoms with Gasteiger partial charge < -0.3 is 15.2 Å². The Hall–Kier alpha value is -1.88. The molecular weight excluding hydrogens is 254 g/mol. The molecule has 5 heteroatoms. The minimum absolute atomic E-state index is 0.100. The number of hydrogen-bond donors (Lipinski definition) is 1. The molecule has 0 unspecified atom stereocenters. The Labute approximate surface area is 117 Å². The number of para-hydroxylation sites is 1. The van der Waals surface area contributed by atoms with Gasteiger partial charge in [0.15, 0.2) is 5.58 Å². The lowest BCUT2D eigenvalue weighted by molar-refractivity contribution is -0.133. The molecule has 1 aliphatic rings. The van der Waals surface area contributed by atoms with Crippen LogP contribution < -0.4 is 5.73 Å². The summed E-state index contributed by atoms with van der Waals surface area (Å²) >= 11 is 0. The first-order valence-electron chi connectivity index (χ1n) is 7.03. The molecule has 3 rings (SSSR count). The predicted octanol–water partition coefficient (Wildman–Crippen LogP) is 1.71. The third kappa shape index (κ3) is 2.41. The van der Waals surface area contributed by atoms with Crippen LogP contribution >= 0.6 is 0 Å². The predicted molar refractivity (Wildman–Crippen MR) is 76.1 cm³/mol. The minimum Gasteiger partial charge on any atom is -0.356 e. The quantitative estimate of drug-likeness (QED) is 0.904. The number of carbonyl (C=O) groups is 1. The first-order chi connectivity index (χ1) is 9.65. The van der Waals surface area contributed by atoms with Gasteiger partial charge in [0.25, 0.3) is 0 Å². The van der Waals surface area contributed by atoms with Crippen molar-refractivity contribution in [3.63, 3.8) is 0 Å². The number of piperidine rings is 1.